The fourth-order valence-corrected chi connectivity index (χ4v) is 5.59. The van der Waals surface area contributed by atoms with Crippen LogP contribution in [0.1, 0.15) is 26.3 Å². The van der Waals surface area contributed by atoms with E-state index < -0.39 is 21.7 Å². The summed E-state index contributed by atoms with van der Waals surface area (Å²) in [6, 6.07) is 8.76. The van der Waals surface area contributed by atoms with E-state index in [1.165, 1.54) is 15.5 Å². The van der Waals surface area contributed by atoms with E-state index in [-0.39, 0.29) is 25.4 Å². The van der Waals surface area contributed by atoms with Gasteiger partial charge in [-0.25, -0.2) is 13.2 Å². The normalized spacial score (nSPS) is 21.0. The molecule has 2 aliphatic heterocycles. The Balaban J connectivity index is 1.46. The summed E-state index contributed by atoms with van der Waals surface area (Å²) in [4.78, 5) is 17.6. The number of nitrogens with zero attached hydrogens (tertiary/aromatic N) is 5. The third kappa shape index (κ3) is 8.83. The van der Waals surface area contributed by atoms with Crippen molar-refractivity contribution in [3.05, 3.63) is 29.8 Å². The molecule has 0 saturated carbocycles. The molecule has 1 aromatic carbocycles. The van der Waals surface area contributed by atoms with Crippen molar-refractivity contribution in [2.45, 2.75) is 38.5 Å². The number of sulfonamides is 1. The fraction of sp³-hybridized carbons (Fsp3) is 0.680. The second kappa shape index (κ2) is 12.4. The summed E-state index contributed by atoms with van der Waals surface area (Å²) in [5, 5.41) is 18.4. The summed E-state index contributed by atoms with van der Waals surface area (Å²) in [5.74, 6) is 0.590. The lowest BCUT2D eigenvalue weighted by Gasteiger charge is -2.46. The van der Waals surface area contributed by atoms with Crippen molar-refractivity contribution < 1.29 is 27.8 Å². The van der Waals surface area contributed by atoms with Gasteiger partial charge in [0.2, 0.25) is 10.0 Å². The van der Waals surface area contributed by atoms with Gasteiger partial charge in [-0.05, 0) is 45.0 Å². The lowest BCUT2D eigenvalue weighted by atomic mass is 10.1. The predicted octanol–water partition coefficient (Wildman–Crippen LogP) is 1.36. The van der Waals surface area contributed by atoms with Gasteiger partial charge in [0.25, 0.3) is 0 Å². The molecule has 2 saturated heterocycles. The Kier molecular flexibility index (Phi) is 9.77. The van der Waals surface area contributed by atoms with Crippen LogP contribution >= 0.6 is 0 Å². The second-order valence-electron chi connectivity index (χ2n) is 10.7. The molecule has 1 N–H and O–H groups in total. The molecule has 0 aliphatic carbocycles. The first-order valence-electron chi connectivity index (χ1n) is 12.5. The van der Waals surface area contributed by atoms with Gasteiger partial charge in [0.15, 0.2) is 0 Å². The van der Waals surface area contributed by atoms with Crippen LogP contribution in [0.15, 0.2) is 24.3 Å². The quantitative estimate of drug-likeness (QED) is 0.445. The van der Waals surface area contributed by atoms with Gasteiger partial charge >= 0.3 is 6.09 Å². The number of hydrogen-bond donors (Lipinski definition) is 1. The van der Waals surface area contributed by atoms with Crippen LogP contribution in [-0.2, 0) is 14.8 Å². The highest BCUT2D eigenvalue weighted by molar-refractivity contribution is 7.88. The van der Waals surface area contributed by atoms with Gasteiger partial charge in [-0.15, -0.1) is 0 Å². The molecule has 2 fully saturated rings. The van der Waals surface area contributed by atoms with Gasteiger partial charge < -0.3 is 19.5 Å². The maximum atomic E-state index is 12.4. The van der Waals surface area contributed by atoms with Gasteiger partial charge in [0, 0.05) is 64.4 Å². The summed E-state index contributed by atoms with van der Waals surface area (Å²) < 4.78 is 37.9. The maximum Gasteiger partial charge on any atom is 0.407 e. The third-order valence-electron chi connectivity index (χ3n) is 6.64. The van der Waals surface area contributed by atoms with Crippen molar-refractivity contribution in [3.8, 4) is 11.8 Å². The van der Waals surface area contributed by atoms with E-state index in [0.29, 0.717) is 50.6 Å². The van der Waals surface area contributed by atoms with Crippen molar-refractivity contribution >= 4 is 16.1 Å². The number of amides is 1. The van der Waals surface area contributed by atoms with E-state index in [9.17, 15) is 18.3 Å². The van der Waals surface area contributed by atoms with E-state index in [0.717, 1.165) is 13.1 Å². The summed E-state index contributed by atoms with van der Waals surface area (Å²) >= 11 is 0. The Labute approximate surface area is 220 Å². The minimum Gasteiger partial charge on any atom is -0.492 e. The van der Waals surface area contributed by atoms with Crippen LogP contribution < -0.4 is 4.74 Å². The van der Waals surface area contributed by atoms with Crippen LogP contribution in [0, 0.1) is 11.3 Å². The molecule has 2 aliphatic rings. The number of hydrogen-bond acceptors (Lipinski definition) is 8. The van der Waals surface area contributed by atoms with Crippen molar-refractivity contribution in [1.82, 2.24) is 19.0 Å². The van der Waals surface area contributed by atoms with Crippen LogP contribution in [0.25, 0.3) is 0 Å². The average Bonchev–Trinajstić information content (AvgIpc) is 2.79. The average molecular weight is 538 g/mol. The molecule has 0 radical (unpaired) electrons. The smallest absolute Gasteiger partial charge is 0.407 e. The van der Waals surface area contributed by atoms with Gasteiger partial charge in [-0.2, -0.15) is 9.57 Å². The number of morpholine rings is 2. The molecule has 2 atom stereocenters. The Hall–Kier alpha value is -2.43. The van der Waals surface area contributed by atoms with Gasteiger partial charge in [-0.1, -0.05) is 0 Å². The highest BCUT2D eigenvalue weighted by Gasteiger charge is 2.36. The Bertz CT molecular complexity index is 1040. The summed E-state index contributed by atoms with van der Waals surface area (Å²) in [5.41, 5.74) is 0.0826. The third-order valence-corrected chi connectivity index (χ3v) is 7.94. The Morgan fingerprint density at radius 1 is 1.08 bits per heavy atom. The molecule has 2 heterocycles. The van der Waals surface area contributed by atoms with E-state index in [2.05, 4.69) is 15.9 Å². The van der Waals surface area contributed by atoms with Crippen LogP contribution in [0.5, 0.6) is 5.75 Å². The van der Waals surface area contributed by atoms with Crippen molar-refractivity contribution in [2.24, 2.45) is 0 Å². The zero-order valence-corrected chi connectivity index (χ0v) is 23.0. The maximum absolute atomic E-state index is 12.4. The number of carboxylic acid groups (broad SMARTS) is 1. The van der Waals surface area contributed by atoms with Crippen LogP contribution in [-0.4, -0.2) is 128 Å². The molecule has 3 rings (SSSR count). The van der Waals surface area contributed by atoms with Crippen molar-refractivity contribution in [3.63, 3.8) is 0 Å². The zero-order chi connectivity index (χ0) is 27.2. The zero-order valence-electron chi connectivity index (χ0n) is 22.2. The van der Waals surface area contributed by atoms with E-state index in [4.69, 9.17) is 14.7 Å². The first-order chi connectivity index (χ1) is 17.3. The predicted molar refractivity (Wildman–Crippen MR) is 139 cm³/mol. The highest BCUT2D eigenvalue weighted by atomic mass is 32.2. The number of nitriles is 1. The van der Waals surface area contributed by atoms with Crippen molar-refractivity contribution in [1.29, 1.82) is 5.26 Å². The van der Waals surface area contributed by atoms with Crippen LogP contribution in [0.4, 0.5) is 4.79 Å². The van der Waals surface area contributed by atoms with Gasteiger partial charge in [0.05, 0.1) is 30.1 Å². The monoisotopic (exact) mass is 537 g/mol. The van der Waals surface area contributed by atoms with E-state index in [1.54, 1.807) is 24.3 Å². The molecule has 1 aromatic rings. The van der Waals surface area contributed by atoms with Crippen LogP contribution in [0.3, 0.4) is 0 Å². The molecular formula is C25H39N5O6S. The highest BCUT2D eigenvalue weighted by Crippen LogP contribution is 2.20. The van der Waals surface area contributed by atoms with Crippen molar-refractivity contribution in [2.75, 3.05) is 71.8 Å². The number of fused-ring (bicyclic) bond motifs is 2. The largest absolute Gasteiger partial charge is 0.492 e. The molecule has 0 spiro atoms. The first kappa shape index (κ1) is 29.1. The fourth-order valence-electron chi connectivity index (χ4n) is 4.77. The first-order valence-corrected chi connectivity index (χ1v) is 14.4. The Morgan fingerprint density at radius 3 is 2.08 bits per heavy atom. The minimum atomic E-state index is -3.40. The van der Waals surface area contributed by atoms with Gasteiger partial charge in [-0.3, -0.25) is 9.80 Å². The van der Waals surface area contributed by atoms with E-state index >= 15 is 0 Å². The molecule has 2 unspecified atom stereocenters. The molecule has 37 heavy (non-hydrogen) atoms. The summed E-state index contributed by atoms with van der Waals surface area (Å²) in [7, 11) is -3.40. The molecule has 0 aromatic heterocycles. The standard InChI is InChI=1S/C25H39N5O6S/c1-25(2,3)30(24(31)32)12-10-28-18-22-16-27(17-23(19-28)36-22)9-11-29(37(4,33)34)13-14-35-21-7-5-20(15-26)6-8-21/h5-8,22-23H,9-14,16-19H2,1-4H3,(H,31,32). The van der Waals surface area contributed by atoms with E-state index in [1.807, 2.05) is 20.8 Å². The molecule has 206 valence electrons. The second-order valence-corrected chi connectivity index (χ2v) is 12.6. The molecule has 11 nitrogen and oxygen atoms in total. The minimum absolute atomic E-state index is 0.00631. The number of rotatable bonds is 11. The topological polar surface area (TPSA) is 127 Å². The lowest BCUT2D eigenvalue weighted by Crippen LogP contribution is -2.61. The summed E-state index contributed by atoms with van der Waals surface area (Å²) in [6.07, 6.45) is 0.307. The number of carbonyl (C=O) groups is 1. The Morgan fingerprint density at radius 2 is 1.62 bits per heavy atom. The lowest BCUT2D eigenvalue weighted by molar-refractivity contribution is -0.139. The molecular weight excluding hydrogens is 498 g/mol. The summed E-state index contributed by atoms with van der Waals surface area (Å²) in [6.45, 7) is 11.0. The number of ether oxygens (including phenoxy) is 2. The SMILES string of the molecule is CC(C)(C)N(CCN1CC2CN(CCN(CCOc3ccc(C#N)cc3)S(C)(=O)=O)CC(C1)O2)C(=O)O. The molecule has 12 heteroatoms. The number of benzene rings is 1. The molecule has 2 bridgehead atoms. The van der Waals surface area contributed by atoms with Crippen LogP contribution in [0.2, 0.25) is 0 Å². The van der Waals surface area contributed by atoms with Gasteiger partial charge in [0.1, 0.15) is 12.4 Å². The molecule has 1 amide bonds.